The molecule has 1 aromatic carbocycles. The zero-order valence-electron chi connectivity index (χ0n) is 22.5. The molecule has 6 rings (SSSR count). The minimum atomic E-state index is -2.63. The number of rotatable bonds is 4. The number of hydrogen-bond acceptors (Lipinski definition) is 5. The van der Waals surface area contributed by atoms with Crippen molar-refractivity contribution >= 4 is 17.5 Å². The van der Waals surface area contributed by atoms with E-state index in [1.54, 1.807) is 42.1 Å². The van der Waals surface area contributed by atoms with Crippen LogP contribution in [0.1, 0.15) is 60.5 Å². The Labute approximate surface area is 226 Å². The molecule has 0 unspecified atom stereocenters. The van der Waals surface area contributed by atoms with Crippen LogP contribution in [0, 0.1) is 0 Å². The topological polar surface area (TPSA) is 80.5 Å². The SMILES string of the molecule is CNC(=O)N1CCc2c(c(N3CCCc4cc(-c5cnn(C)c5)c(C(F)F)cc43)nn2[C@@H]2CCCOCC2)C1. The van der Waals surface area contributed by atoms with Crippen molar-refractivity contribution in [2.24, 2.45) is 7.05 Å². The van der Waals surface area contributed by atoms with Crippen molar-refractivity contribution in [3.05, 3.63) is 46.9 Å². The largest absolute Gasteiger partial charge is 0.381 e. The van der Waals surface area contributed by atoms with Gasteiger partial charge in [0.25, 0.3) is 6.43 Å². The molecule has 0 saturated carbocycles. The Bertz CT molecular complexity index is 1360. The molecule has 2 aromatic heterocycles. The van der Waals surface area contributed by atoms with Crippen molar-refractivity contribution in [2.75, 3.05) is 38.3 Å². The first-order valence-electron chi connectivity index (χ1n) is 13.8. The number of fused-ring (bicyclic) bond motifs is 2. The van der Waals surface area contributed by atoms with Gasteiger partial charge in [0.2, 0.25) is 0 Å². The first-order chi connectivity index (χ1) is 18.9. The van der Waals surface area contributed by atoms with Crippen LogP contribution in [0.3, 0.4) is 0 Å². The van der Waals surface area contributed by atoms with E-state index in [4.69, 9.17) is 9.84 Å². The predicted molar refractivity (Wildman–Crippen MR) is 143 cm³/mol. The molecule has 11 heteroatoms. The van der Waals surface area contributed by atoms with E-state index >= 15 is 0 Å². The van der Waals surface area contributed by atoms with E-state index in [0.29, 0.717) is 43.8 Å². The summed E-state index contributed by atoms with van der Waals surface area (Å²) in [6.45, 7) is 3.18. The molecule has 1 fully saturated rings. The lowest BCUT2D eigenvalue weighted by atomic mass is 9.92. The molecular weight excluding hydrogens is 504 g/mol. The summed E-state index contributed by atoms with van der Waals surface area (Å²) < 4.78 is 38.4. The number of ether oxygens (including phenoxy) is 1. The molecule has 1 N–H and O–H groups in total. The molecule has 3 aliphatic rings. The van der Waals surface area contributed by atoms with Gasteiger partial charge in [-0.15, -0.1) is 0 Å². The molecule has 0 aliphatic carbocycles. The van der Waals surface area contributed by atoms with Crippen LogP contribution < -0.4 is 10.2 Å². The van der Waals surface area contributed by atoms with E-state index in [1.807, 2.05) is 6.07 Å². The number of nitrogens with one attached hydrogen (secondary N) is 1. The fourth-order valence-corrected chi connectivity index (χ4v) is 6.27. The highest BCUT2D eigenvalue weighted by molar-refractivity contribution is 5.78. The zero-order chi connectivity index (χ0) is 27.1. The normalized spacial score (nSPS) is 19.6. The molecule has 0 bridgehead atoms. The number of nitrogens with zero attached hydrogens (tertiary/aromatic N) is 6. The van der Waals surface area contributed by atoms with Crippen LogP contribution in [0.25, 0.3) is 11.1 Å². The van der Waals surface area contributed by atoms with E-state index < -0.39 is 6.43 Å². The van der Waals surface area contributed by atoms with Crippen LogP contribution in [-0.2, 0) is 31.2 Å². The molecule has 0 spiro atoms. The average molecular weight is 540 g/mol. The average Bonchev–Trinajstić information content (AvgIpc) is 3.44. The van der Waals surface area contributed by atoms with Gasteiger partial charge in [0, 0.05) is 81.1 Å². The van der Waals surface area contributed by atoms with Crippen molar-refractivity contribution in [3.8, 4) is 11.1 Å². The van der Waals surface area contributed by atoms with E-state index in [0.717, 1.165) is 67.0 Å². The maximum Gasteiger partial charge on any atom is 0.317 e. The second kappa shape index (κ2) is 10.6. The fourth-order valence-electron chi connectivity index (χ4n) is 6.27. The third kappa shape index (κ3) is 4.77. The second-order valence-corrected chi connectivity index (χ2v) is 10.6. The lowest BCUT2D eigenvalue weighted by molar-refractivity contribution is 0.141. The van der Waals surface area contributed by atoms with Gasteiger partial charge in [0.1, 0.15) is 0 Å². The summed E-state index contributed by atoms with van der Waals surface area (Å²) in [7, 11) is 3.42. The summed E-state index contributed by atoms with van der Waals surface area (Å²) in [4.78, 5) is 16.5. The van der Waals surface area contributed by atoms with Gasteiger partial charge in [-0.25, -0.2) is 13.6 Å². The van der Waals surface area contributed by atoms with Crippen LogP contribution in [0.5, 0.6) is 0 Å². The molecule has 1 saturated heterocycles. The maximum atomic E-state index is 14.4. The Kier molecular flexibility index (Phi) is 7.01. The Morgan fingerprint density at radius 3 is 2.79 bits per heavy atom. The van der Waals surface area contributed by atoms with Crippen LogP contribution in [0.15, 0.2) is 24.5 Å². The molecule has 39 heavy (non-hydrogen) atoms. The smallest absolute Gasteiger partial charge is 0.317 e. The molecular formula is C28H35F2N7O2. The van der Waals surface area contributed by atoms with Gasteiger partial charge in [-0.3, -0.25) is 9.36 Å². The van der Waals surface area contributed by atoms with Crippen molar-refractivity contribution < 1.29 is 18.3 Å². The number of alkyl halides is 2. The number of halogens is 2. The van der Waals surface area contributed by atoms with Gasteiger partial charge < -0.3 is 19.9 Å². The van der Waals surface area contributed by atoms with Crippen LogP contribution in [0.4, 0.5) is 25.1 Å². The third-order valence-corrected chi connectivity index (χ3v) is 8.21. The monoisotopic (exact) mass is 539 g/mol. The summed E-state index contributed by atoms with van der Waals surface area (Å²) in [5.74, 6) is 0.777. The molecule has 2 amide bonds. The molecule has 5 heterocycles. The van der Waals surface area contributed by atoms with Crippen molar-refractivity contribution in [1.29, 1.82) is 0 Å². The van der Waals surface area contributed by atoms with Crippen LogP contribution in [0.2, 0.25) is 0 Å². The highest BCUT2D eigenvalue weighted by Gasteiger charge is 2.34. The number of aromatic nitrogens is 4. The lowest BCUT2D eigenvalue weighted by Crippen LogP contribution is -2.42. The lowest BCUT2D eigenvalue weighted by Gasteiger charge is -2.33. The number of urea groups is 1. The minimum Gasteiger partial charge on any atom is -0.381 e. The van der Waals surface area contributed by atoms with Gasteiger partial charge in [-0.1, -0.05) is 0 Å². The van der Waals surface area contributed by atoms with Gasteiger partial charge in [0.05, 0.1) is 18.8 Å². The molecule has 208 valence electrons. The molecule has 3 aliphatic heterocycles. The van der Waals surface area contributed by atoms with Gasteiger partial charge >= 0.3 is 6.03 Å². The predicted octanol–water partition coefficient (Wildman–Crippen LogP) is 4.74. The number of carbonyl (C=O) groups excluding carboxylic acids is 1. The number of anilines is 2. The Morgan fingerprint density at radius 1 is 1.15 bits per heavy atom. The highest BCUT2D eigenvalue weighted by Crippen LogP contribution is 2.43. The van der Waals surface area contributed by atoms with E-state index in [9.17, 15) is 13.6 Å². The Hall–Kier alpha value is -3.47. The molecule has 1 atom stereocenters. The summed E-state index contributed by atoms with van der Waals surface area (Å²) in [6.07, 6.45) is 6.00. The Balaban J connectivity index is 1.46. The second-order valence-electron chi connectivity index (χ2n) is 10.6. The minimum absolute atomic E-state index is 0.00476. The third-order valence-electron chi connectivity index (χ3n) is 8.21. The summed E-state index contributed by atoms with van der Waals surface area (Å²) in [5.41, 5.74) is 5.16. The van der Waals surface area contributed by atoms with Crippen molar-refractivity contribution in [1.82, 2.24) is 29.8 Å². The van der Waals surface area contributed by atoms with Crippen molar-refractivity contribution in [3.63, 3.8) is 0 Å². The summed E-state index contributed by atoms with van der Waals surface area (Å²) >= 11 is 0. The molecule has 3 aromatic rings. The number of hydrogen-bond donors (Lipinski definition) is 1. The first-order valence-corrected chi connectivity index (χ1v) is 13.8. The quantitative estimate of drug-likeness (QED) is 0.518. The number of benzene rings is 1. The van der Waals surface area contributed by atoms with E-state index in [-0.39, 0.29) is 17.6 Å². The van der Waals surface area contributed by atoms with Gasteiger partial charge in [0.15, 0.2) is 5.82 Å². The van der Waals surface area contributed by atoms with Gasteiger partial charge in [-0.2, -0.15) is 10.2 Å². The van der Waals surface area contributed by atoms with Crippen molar-refractivity contribution in [2.45, 2.75) is 57.5 Å². The summed E-state index contributed by atoms with van der Waals surface area (Å²) in [5, 5.41) is 12.1. The van der Waals surface area contributed by atoms with Crippen LogP contribution in [-0.4, -0.2) is 63.8 Å². The molecule has 0 radical (unpaired) electrons. The Morgan fingerprint density at radius 2 is 2.03 bits per heavy atom. The fraction of sp³-hybridized carbons (Fsp3) is 0.536. The summed E-state index contributed by atoms with van der Waals surface area (Å²) in [6, 6.07) is 3.65. The molecule has 9 nitrogen and oxygen atoms in total. The highest BCUT2D eigenvalue weighted by atomic mass is 19.3. The van der Waals surface area contributed by atoms with E-state index in [1.165, 1.54) is 0 Å². The maximum absolute atomic E-state index is 14.4. The van der Waals surface area contributed by atoms with Gasteiger partial charge in [-0.05, 0) is 55.4 Å². The van der Waals surface area contributed by atoms with E-state index in [2.05, 4.69) is 20.0 Å². The first kappa shape index (κ1) is 25.8. The van der Waals surface area contributed by atoms with Crippen LogP contribution >= 0.6 is 0 Å². The zero-order valence-corrected chi connectivity index (χ0v) is 22.5. The standard InChI is InChI=1S/C28H35F2N7O2/c1-31-28(38)35-10-7-24-23(17-35)27(33-37(24)20-6-4-11-39-12-8-20)36-9-3-5-18-13-21(19-15-32-34(2)16-19)22(26(29)30)14-25(18)36/h13-16,20,26H,3-12,17H2,1-2H3,(H,31,38)/t20-/m1/s1. The number of aryl methyl sites for hydroxylation is 2. The number of carbonyl (C=O) groups is 1. The number of amides is 2.